The fourth-order valence-electron chi connectivity index (χ4n) is 0.837. The Balaban J connectivity index is 3.03. The van der Waals surface area contributed by atoms with Crippen molar-refractivity contribution < 1.29 is 0 Å². The molecule has 1 rings (SSSR count). The molecule has 2 heteroatoms. The topological polar surface area (TPSA) is 16.1 Å². The Bertz CT molecular complexity index is 218. The molecule has 53 valence electrons. The lowest BCUT2D eigenvalue weighted by molar-refractivity contribution is 1.09. The van der Waals surface area contributed by atoms with Crippen LogP contribution in [0.1, 0.15) is 5.69 Å². The smallest absolute Gasteiger partial charge is 0.0640 e. The SMILES string of the molecule is [CH2]c1ncccc1N(C)C. The van der Waals surface area contributed by atoms with Gasteiger partial charge in [-0.15, -0.1) is 0 Å². The predicted molar refractivity (Wildman–Crippen MR) is 43.0 cm³/mol. The molecule has 0 fully saturated rings. The van der Waals surface area contributed by atoms with E-state index in [0.29, 0.717) is 0 Å². The van der Waals surface area contributed by atoms with E-state index in [-0.39, 0.29) is 0 Å². The average molecular weight is 135 g/mol. The molecule has 0 saturated carbocycles. The molecule has 10 heavy (non-hydrogen) atoms. The molecule has 0 aliphatic carbocycles. The summed E-state index contributed by atoms with van der Waals surface area (Å²) in [6, 6.07) is 3.90. The van der Waals surface area contributed by atoms with E-state index in [1.807, 2.05) is 31.1 Å². The van der Waals surface area contributed by atoms with E-state index in [0.717, 1.165) is 11.4 Å². The molecule has 1 radical (unpaired) electrons. The summed E-state index contributed by atoms with van der Waals surface area (Å²) < 4.78 is 0. The molecule has 1 heterocycles. The summed E-state index contributed by atoms with van der Waals surface area (Å²) in [5.74, 6) is 0. The number of aromatic nitrogens is 1. The number of pyridine rings is 1. The quantitative estimate of drug-likeness (QED) is 0.577. The molecule has 0 aromatic carbocycles. The average Bonchev–Trinajstić information content (AvgIpc) is 1.88. The molecular weight excluding hydrogens is 124 g/mol. The summed E-state index contributed by atoms with van der Waals surface area (Å²) in [5, 5.41) is 0. The zero-order chi connectivity index (χ0) is 7.56. The molecule has 0 spiro atoms. The maximum atomic E-state index is 4.05. The summed E-state index contributed by atoms with van der Waals surface area (Å²) >= 11 is 0. The Morgan fingerprint density at radius 1 is 1.50 bits per heavy atom. The highest BCUT2D eigenvalue weighted by Crippen LogP contribution is 2.12. The highest BCUT2D eigenvalue weighted by Gasteiger charge is 1.97. The number of anilines is 1. The highest BCUT2D eigenvalue weighted by atomic mass is 15.1. The van der Waals surface area contributed by atoms with Crippen molar-refractivity contribution in [3.63, 3.8) is 0 Å². The van der Waals surface area contributed by atoms with Gasteiger partial charge in [0, 0.05) is 20.3 Å². The minimum atomic E-state index is 0.826. The Hall–Kier alpha value is -1.05. The minimum Gasteiger partial charge on any atom is -0.376 e. The Kier molecular flexibility index (Phi) is 1.90. The fraction of sp³-hybridized carbons (Fsp3) is 0.250. The minimum absolute atomic E-state index is 0.826. The van der Waals surface area contributed by atoms with Crippen LogP contribution < -0.4 is 4.90 Å². The van der Waals surface area contributed by atoms with Gasteiger partial charge in [0.25, 0.3) is 0 Å². The molecular formula is C8H11N2. The maximum absolute atomic E-state index is 4.05. The van der Waals surface area contributed by atoms with Crippen LogP contribution in [0.3, 0.4) is 0 Å². The van der Waals surface area contributed by atoms with Gasteiger partial charge in [0.1, 0.15) is 0 Å². The molecule has 1 aromatic rings. The molecule has 0 saturated heterocycles. The lowest BCUT2D eigenvalue weighted by Gasteiger charge is -2.13. The van der Waals surface area contributed by atoms with Crippen LogP contribution in [-0.4, -0.2) is 19.1 Å². The molecule has 1 aromatic heterocycles. The third kappa shape index (κ3) is 1.26. The zero-order valence-corrected chi connectivity index (χ0v) is 6.33. The van der Waals surface area contributed by atoms with Crippen LogP contribution in [0.25, 0.3) is 0 Å². The van der Waals surface area contributed by atoms with Gasteiger partial charge in [0.05, 0.1) is 11.4 Å². The second-order valence-electron chi connectivity index (χ2n) is 2.36. The molecule has 2 nitrogen and oxygen atoms in total. The number of nitrogens with zero attached hydrogens (tertiary/aromatic N) is 2. The van der Waals surface area contributed by atoms with Crippen molar-refractivity contribution in [3.8, 4) is 0 Å². The van der Waals surface area contributed by atoms with Gasteiger partial charge in [-0.2, -0.15) is 0 Å². The first-order chi connectivity index (χ1) is 4.72. The first-order valence-electron chi connectivity index (χ1n) is 3.16. The summed E-state index contributed by atoms with van der Waals surface area (Å²) in [6.07, 6.45) is 1.75. The summed E-state index contributed by atoms with van der Waals surface area (Å²) in [7, 11) is 3.96. The molecule has 0 N–H and O–H groups in total. The lowest BCUT2D eigenvalue weighted by Crippen LogP contribution is -2.10. The fourth-order valence-corrected chi connectivity index (χ4v) is 0.837. The van der Waals surface area contributed by atoms with Gasteiger partial charge >= 0.3 is 0 Å². The van der Waals surface area contributed by atoms with Crippen molar-refractivity contribution in [1.82, 2.24) is 4.98 Å². The van der Waals surface area contributed by atoms with E-state index in [4.69, 9.17) is 0 Å². The van der Waals surface area contributed by atoms with Crippen molar-refractivity contribution in [2.45, 2.75) is 0 Å². The molecule has 0 unspecified atom stereocenters. The van der Waals surface area contributed by atoms with Gasteiger partial charge in [-0.3, -0.25) is 4.98 Å². The molecule has 0 atom stereocenters. The van der Waals surface area contributed by atoms with E-state index >= 15 is 0 Å². The van der Waals surface area contributed by atoms with Gasteiger partial charge in [-0.05, 0) is 19.1 Å². The molecule has 0 aliphatic heterocycles. The van der Waals surface area contributed by atoms with Crippen LogP contribution >= 0.6 is 0 Å². The second-order valence-corrected chi connectivity index (χ2v) is 2.36. The van der Waals surface area contributed by atoms with Crippen LogP contribution in [0.15, 0.2) is 18.3 Å². The van der Waals surface area contributed by atoms with Crippen molar-refractivity contribution >= 4 is 5.69 Å². The van der Waals surface area contributed by atoms with Gasteiger partial charge in [-0.25, -0.2) is 0 Å². The lowest BCUT2D eigenvalue weighted by atomic mass is 10.3. The largest absolute Gasteiger partial charge is 0.376 e. The molecule has 0 bridgehead atoms. The van der Waals surface area contributed by atoms with Gasteiger partial charge in [0.2, 0.25) is 0 Å². The third-order valence-corrected chi connectivity index (χ3v) is 1.35. The Morgan fingerprint density at radius 3 is 2.60 bits per heavy atom. The number of hydrogen-bond donors (Lipinski definition) is 0. The van der Waals surface area contributed by atoms with Crippen LogP contribution in [0.4, 0.5) is 5.69 Å². The van der Waals surface area contributed by atoms with Crippen LogP contribution in [-0.2, 0) is 0 Å². The molecule has 0 aliphatic rings. The van der Waals surface area contributed by atoms with E-state index < -0.39 is 0 Å². The van der Waals surface area contributed by atoms with Crippen molar-refractivity contribution in [1.29, 1.82) is 0 Å². The first-order valence-corrected chi connectivity index (χ1v) is 3.16. The van der Waals surface area contributed by atoms with Crippen molar-refractivity contribution in [2.75, 3.05) is 19.0 Å². The van der Waals surface area contributed by atoms with Gasteiger partial charge in [0.15, 0.2) is 0 Å². The summed E-state index contributed by atoms with van der Waals surface area (Å²) in [6.45, 7) is 3.79. The van der Waals surface area contributed by atoms with E-state index in [1.165, 1.54) is 0 Å². The van der Waals surface area contributed by atoms with E-state index in [2.05, 4.69) is 11.9 Å². The number of hydrogen-bond acceptors (Lipinski definition) is 2. The maximum Gasteiger partial charge on any atom is 0.0640 e. The van der Waals surface area contributed by atoms with Crippen molar-refractivity contribution in [2.24, 2.45) is 0 Å². The standard InChI is InChI=1S/C8H11N2/c1-7-8(10(2)3)5-4-6-9-7/h4-6H,1H2,2-3H3. The van der Waals surface area contributed by atoms with Crippen molar-refractivity contribution in [3.05, 3.63) is 30.9 Å². The Morgan fingerprint density at radius 2 is 2.20 bits per heavy atom. The van der Waals surface area contributed by atoms with E-state index in [1.54, 1.807) is 6.20 Å². The zero-order valence-electron chi connectivity index (χ0n) is 6.33. The van der Waals surface area contributed by atoms with E-state index in [9.17, 15) is 0 Å². The summed E-state index contributed by atoms with van der Waals surface area (Å²) in [4.78, 5) is 6.04. The first kappa shape index (κ1) is 7.06. The normalized spacial score (nSPS) is 9.50. The van der Waals surface area contributed by atoms with Gasteiger partial charge in [-0.1, -0.05) is 0 Å². The predicted octanol–water partition coefficient (Wildman–Crippen LogP) is 1.33. The molecule has 0 amide bonds. The third-order valence-electron chi connectivity index (χ3n) is 1.35. The van der Waals surface area contributed by atoms with Gasteiger partial charge < -0.3 is 4.90 Å². The van der Waals surface area contributed by atoms with Crippen LogP contribution in [0.5, 0.6) is 0 Å². The second kappa shape index (κ2) is 2.69. The Labute approximate surface area is 61.5 Å². The van der Waals surface area contributed by atoms with Crippen LogP contribution in [0, 0.1) is 6.92 Å². The van der Waals surface area contributed by atoms with Crippen LogP contribution in [0.2, 0.25) is 0 Å². The number of rotatable bonds is 1. The monoisotopic (exact) mass is 135 g/mol. The summed E-state index contributed by atoms with van der Waals surface area (Å²) in [5.41, 5.74) is 1.90. The highest BCUT2D eigenvalue weighted by molar-refractivity contribution is 5.49.